The molecule has 0 aromatic carbocycles. The van der Waals surface area contributed by atoms with E-state index in [1.807, 2.05) is 0 Å². The van der Waals surface area contributed by atoms with E-state index >= 15 is 0 Å². The molecule has 15 nitrogen and oxygen atoms in total. The molecule has 0 spiro atoms. The third-order valence-electron chi connectivity index (χ3n) is 4.25. The summed E-state index contributed by atoms with van der Waals surface area (Å²) in [6, 6.07) is -1.22. The first-order chi connectivity index (χ1) is 16.8. The van der Waals surface area contributed by atoms with Crippen LogP contribution in [0.2, 0.25) is 0 Å². The monoisotopic (exact) mass is 526 g/mol. The van der Waals surface area contributed by atoms with Crippen molar-refractivity contribution < 1.29 is 42.1 Å². The lowest BCUT2D eigenvalue weighted by atomic mass is 10.1. The van der Waals surface area contributed by atoms with Crippen LogP contribution in [-0.2, 0) is 38.6 Å². The first kappa shape index (κ1) is 33.0. The molecule has 0 aliphatic carbocycles. The Hall–Kier alpha value is -2.04. The summed E-state index contributed by atoms with van der Waals surface area (Å²) in [4.78, 5) is 25.6. The summed E-state index contributed by atoms with van der Waals surface area (Å²) in [5, 5.41) is 14.9. The highest BCUT2D eigenvalue weighted by Gasteiger charge is 2.23. The number of sulfonamides is 1. The number of hydrogen-bond acceptors (Lipinski definition) is 10. The number of carboxylic acids is 1. The Bertz CT molecular complexity index is 720. The van der Waals surface area contributed by atoms with Gasteiger partial charge in [-0.05, 0) is 24.9 Å². The molecule has 0 aliphatic heterocycles. The summed E-state index contributed by atoms with van der Waals surface area (Å²) in [5.41, 5.74) is 13.5. The normalized spacial score (nSPS) is 12.1. The second kappa shape index (κ2) is 22.4. The van der Waals surface area contributed by atoms with Gasteiger partial charge in [0, 0.05) is 24.4 Å². The highest BCUT2D eigenvalue weighted by atomic mass is 32.2. The summed E-state index contributed by atoms with van der Waals surface area (Å²) in [7, 11) is -3.87. The van der Waals surface area contributed by atoms with Gasteiger partial charge in [-0.2, -0.15) is 0 Å². The summed E-state index contributed by atoms with van der Waals surface area (Å²) >= 11 is 0. The van der Waals surface area contributed by atoms with Gasteiger partial charge in [0.25, 0.3) is 0 Å². The second-order valence-electron chi connectivity index (χ2n) is 7.12. The van der Waals surface area contributed by atoms with Crippen LogP contribution in [0.15, 0.2) is 5.11 Å². The zero-order chi connectivity index (χ0) is 26.2. The van der Waals surface area contributed by atoms with E-state index in [2.05, 4.69) is 20.1 Å². The largest absolute Gasteiger partial charge is 0.480 e. The van der Waals surface area contributed by atoms with E-state index in [0.717, 1.165) is 0 Å². The van der Waals surface area contributed by atoms with Crippen molar-refractivity contribution in [2.24, 2.45) is 10.8 Å². The number of rotatable bonds is 25. The van der Waals surface area contributed by atoms with Crippen molar-refractivity contribution in [2.45, 2.75) is 31.7 Å². The summed E-state index contributed by atoms with van der Waals surface area (Å²) in [5.74, 6) is -2.07. The molecule has 0 aromatic heterocycles. The number of hydrogen-bond donors (Lipinski definition) is 4. The van der Waals surface area contributed by atoms with Crippen LogP contribution in [-0.4, -0.2) is 110 Å². The molecular weight excluding hydrogens is 488 g/mol. The van der Waals surface area contributed by atoms with E-state index in [-0.39, 0.29) is 45.1 Å². The third-order valence-corrected chi connectivity index (χ3v) is 5.63. The van der Waals surface area contributed by atoms with Crippen molar-refractivity contribution in [2.75, 3.05) is 78.2 Å². The maximum absolute atomic E-state index is 12.0. The fraction of sp³-hybridized carbons (Fsp3) is 0.895. The number of nitrogens with one attached hydrogen (secondary N) is 2. The van der Waals surface area contributed by atoms with Crippen LogP contribution in [0.3, 0.4) is 0 Å². The minimum atomic E-state index is -3.87. The molecule has 0 unspecified atom stereocenters. The lowest BCUT2D eigenvalue weighted by Crippen LogP contribution is -2.43. The predicted octanol–water partition coefficient (Wildman–Crippen LogP) is -0.629. The zero-order valence-electron chi connectivity index (χ0n) is 19.9. The van der Waals surface area contributed by atoms with Gasteiger partial charge < -0.3 is 35.1 Å². The molecule has 16 heteroatoms. The second-order valence-corrected chi connectivity index (χ2v) is 8.99. The van der Waals surface area contributed by atoms with Crippen LogP contribution in [0.5, 0.6) is 0 Å². The van der Waals surface area contributed by atoms with Gasteiger partial charge in [-0.15, -0.1) is 0 Å². The highest BCUT2D eigenvalue weighted by Crippen LogP contribution is 2.03. The Morgan fingerprint density at radius 2 is 1.54 bits per heavy atom. The molecule has 0 radical (unpaired) electrons. The average Bonchev–Trinajstić information content (AvgIpc) is 2.80. The maximum atomic E-state index is 12.0. The number of carbonyl (C=O) groups is 2. The number of ether oxygens (including phenoxy) is 4. The molecule has 0 bridgehead atoms. The molecule has 204 valence electrons. The van der Waals surface area contributed by atoms with Gasteiger partial charge in [0.05, 0.1) is 58.6 Å². The van der Waals surface area contributed by atoms with Crippen molar-refractivity contribution in [1.82, 2.24) is 10.0 Å². The molecule has 0 heterocycles. The van der Waals surface area contributed by atoms with E-state index in [1.165, 1.54) is 0 Å². The van der Waals surface area contributed by atoms with Crippen LogP contribution in [0, 0.1) is 0 Å². The highest BCUT2D eigenvalue weighted by molar-refractivity contribution is 7.89. The number of aliphatic carboxylic acids is 1. The number of carboxylic acid groups (broad SMARTS) is 1. The Morgan fingerprint density at radius 1 is 0.971 bits per heavy atom. The maximum Gasteiger partial charge on any atom is 0.321 e. The van der Waals surface area contributed by atoms with E-state index in [0.29, 0.717) is 59.0 Å². The molecule has 35 heavy (non-hydrogen) atoms. The van der Waals surface area contributed by atoms with Crippen LogP contribution in [0.4, 0.5) is 0 Å². The van der Waals surface area contributed by atoms with Gasteiger partial charge in [-0.3, -0.25) is 9.59 Å². The first-order valence-corrected chi connectivity index (χ1v) is 13.0. The Labute approximate surface area is 205 Å². The molecule has 0 rings (SSSR count). The van der Waals surface area contributed by atoms with Crippen molar-refractivity contribution >= 4 is 21.9 Å². The van der Waals surface area contributed by atoms with Crippen molar-refractivity contribution in [3.63, 3.8) is 0 Å². The summed E-state index contributed by atoms with van der Waals surface area (Å²) in [6.07, 6.45) is 1.28. The van der Waals surface area contributed by atoms with E-state index < -0.39 is 27.8 Å². The van der Waals surface area contributed by atoms with Gasteiger partial charge in [0.1, 0.15) is 6.04 Å². The SMILES string of the molecule is [N-]=[N+]=NCCOCCOCCOCCOCCC(=O)NCCS(=O)(=O)N[C@@H](CCCCN)C(=O)O. The van der Waals surface area contributed by atoms with Gasteiger partial charge in [-0.25, -0.2) is 13.1 Å². The topological polar surface area (TPSA) is 224 Å². The molecule has 0 saturated carbocycles. The number of nitrogens with zero attached hydrogens (tertiary/aromatic N) is 3. The summed E-state index contributed by atoms with van der Waals surface area (Å²) in [6.45, 7) is 3.20. The smallest absolute Gasteiger partial charge is 0.321 e. The Kier molecular flexibility index (Phi) is 21.1. The third kappa shape index (κ3) is 22.2. The molecule has 0 fully saturated rings. The minimum Gasteiger partial charge on any atom is -0.480 e. The average molecular weight is 527 g/mol. The fourth-order valence-electron chi connectivity index (χ4n) is 2.49. The standard InChI is InChI=1S/C19H38N6O9S/c20-5-2-1-3-17(19(27)28)24-35(29,30)16-7-22-18(26)4-8-31-10-12-33-14-15-34-13-11-32-9-6-23-25-21/h17,24H,1-16,20H2,(H,22,26)(H,27,28)/t17-/m0/s1. The molecular formula is C19H38N6O9S. The van der Waals surface area contributed by atoms with Gasteiger partial charge in [0.2, 0.25) is 15.9 Å². The van der Waals surface area contributed by atoms with Crippen LogP contribution in [0.25, 0.3) is 10.4 Å². The molecule has 5 N–H and O–H groups in total. The number of nitrogens with two attached hydrogens (primary N) is 1. The zero-order valence-corrected chi connectivity index (χ0v) is 20.7. The Balaban J connectivity index is 3.67. The fourth-order valence-corrected chi connectivity index (χ4v) is 3.63. The predicted molar refractivity (Wildman–Crippen MR) is 126 cm³/mol. The number of unbranched alkanes of at least 4 members (excludes halogenated alkanes) is 1. The van der Waals surface area contributed by atoms with Gasteiger partial charge in [0.15, 0.2) is 0 Å². The molecule has 0 saturated heterocycles. The van der Waals surface area contributed by atoms with Gasteiger partial charge >= 0.3 is 5.97 Å². The van der Waals surface area contributed by atoms with E-state index in [9.17, 15) is 18.0 Å². The van der Waals surface area contributed by atoms with Crippen molar-refractivity contribution in [3.8, 4) is 0 Å². The Morgan fingerprint density at radius 3 is 2.09 bits per heavy atom. The molecule has 1 amide bonds. The number of carbonyl (C=O) groups excluding carboxylic acids is 1. The van der Waals surface area contributed by atoms with Crippen LogP contribution >= 0.6 is 0 Å². The molecule has 0 aliphatic rings. The number of amides is 1. The quantitative estimate of drug-likeness (QED) is 0.0510. The lowest BCUT2D eigenvalue weighted by Gasteiger charge is -2.14. The van der Waals surface area contributed by atoms with Crippen molar-refractivity contribution in [3.05, 3.63) is 10.4 Å². The first-order valence-electron chi connectivity index (χ1n) is 11.3. The summed E-state index contributed by atoms with van der Waals surface area (Å²) < 4.78 is 47.3. The van der Waals surface area contributed by atoms with E-state index in [1.54, 1.807) is 0 Å². The molecule has 1 atom stereocenters. The van der Waals surface area contributed by atoms with E-state index in [4.69, 9.17) is 35.3 Å². The van der Waals surface area contributed by atoms with Gasteiger partial charge in [-0.1, -0.05) is 11.5 Å². The number of azide groups is 1. The van der Waals surface area contributed by atoms with Crippen LogP contribution in [0.1, 0.15) is 25.7 Å². The molecule has 0 aromatic rings. The lowest BCUT2D eigenvalue weighted by molar-refractivity contribution is -0.139. The minimum absolute atomic E-state index is 0.0487. The van der Waals surface area contributed by atoms with Crippen LogP contribution < -0.4 is 15.8 Å². The van der Waals surface area contributed by atoms with Crippen molar-refractivity contribution in [1.29, 1.82) is 0 Å².